The summed E-state index contributed by atoms with van der Waals surface area (Å²) in [6.45, 7) is 7.59. The van der Waals surface area contributed by atoms with Crippen LogP contribution < -0.4 is 15.5 Å². The molecule has 1 atom stereocenters. The number of benzene rings is 2. The molecule has 0 aliphatic carbocycles. The van der Waals surface area contributed by atoms with Crippen LogP contribution in [0, 0.1) is 5.82 Å². The molecule has 0 aromatic heterocycles. The Morgan fingerprint density at radius 1 is 1.19 bits per heavy atom. The van der Waals surface area contributed by atoms with E-state index in [0.717, 1.165) is 5.56 Å². The maximum atomic E-state index is 14.8. The van der Waals surface area contributed by atoms with E-state index in [0.29, 0.717) is 16.8 Å². The zero-order valence-electron chi connectivity index (χ0n) is 17.8. The minimum Gasteiger partial charge on any atom is -0.480 e. The number of ether oxygens (including phenoxy) is 1. The van der Waals surface area contributed by atoms with Gasteiger partial charge in [-0.15, -0.1) is 0 Å². The van der Waals surface area contributed by atoms with Gasteiger partial charge in [0.05, 0.1) is 22.8 Å². The van der Waals surface area contributed by atoms with Crippen molar-refractivity contribution in [1.29, 1.82) is 0 Å². The quantitative estimate of drug-likeness (QED) is 0.696. The molecule has 0 radical (unpaired) electrons. The summed E-state index contributed by atoms with van der Waals surface area (Å²) in [4.78, 5) is 11.2. The average molecular weight is 448 g/mol. The van der Waals surface area contributed by atoms with Gasteiger partial charge in [-0.2, -0.15) is 0 Å². The summed E-state index contributed by atoms with van der Waals surface area (Å²) in [6, 6.07) is 10.5. The second kappa shape index (κ2) is 7.40. The zero-order chi connectivity index (χ0) is 22.6. The van der Waals surface area contributed by atoms with E-state index in [1.165, 1.54) is 6.07 Å². The van der Waals surface area contributed by atoms with E-state index in [1.54, 1.807) is 0 Å². The monoisotopic (exact) mass is 447 g/mol. The van der Waals surface area contributed by atoms with Crippen LogP contribution in [0.1, 0.15) is 38.8 Å². The number of hydrogen-bond donors (Lipinski definition) is 2. The predicted octanol–water partition coefficient (Wildman–Crippen LogP) is 3.88. The van der Waals surface area contributed by atoms with Gasteiger partial charge in [0.15, 0.2) is 5.60 Å². The molecule has 1 saturated heterocycles. The van der Waals surface area contributed by atoms with Crippen LogP contribution in [0.3, 0.4) is 0 Å². The van der Waals surface area contributed by atoms with E-state index in [-0.39, 0.29) is 18.0 Å². The number of amides is 1. The molecule has 2 aromatic carbocycles. The van der Waals surface area contributed by atoms with Gasteiger partial charge in [-0.05, 0) is 33.3 Å². The van der Waals surface area contributed by atoms with E-state index in [4.69, 9.17) is 25.6 Å². The van der Waals surface area contributed by atoms with Crippen molar-refractivity contribution in [2.24, 2.45) is 0 Å². The lowest BCUT2D eigenvalue weighted by Gasteiger charge is -2.32. The Morgan fingerprint density at radius 2 is 1.81 bits per heavy atom. The van der Waals surface area contributed by atoms with Crippen molar-refractivity contribution in [3.05, 3.63) is 58.4 Å². The molecule has 2 aromatic rings. The predicted molar refractivity (Wildman–Crippen MR) is 116 cm³/mol. The molecule has 164 valence electrons. The molecule has 1 fully saturated rings. The first-order chi connectivity index (χ1) is 14.5. The molecule has 1 amide bonds. The highest BCUT2D eigenvalue weighted by molar-refractivity contribution is 6.66. The lowest BCUT2D eigenvalue weighted by molar-refractivity contribution is 0.00578. The molecule has 2 heterocycles. The maximum absolute atomic E-state index is 14.8. The molecule has 31 heavy (non-hydrogen) atoms. The Kier molecular flexibility index (Phi) is 5.23. The average Bonchev–Trinajstić information content (AvgIpc) is 3.16. The van der Waals surface area contributed by atoms with Crippen molar-refractivity contribution in [2.45, 2.75) is 50.9 Å². The van der Waals surface area contributed by atoms with Crippen LogP contribution in [0.4, 0.5) is 9.18 Å². The number of carbonyl (C=O) groups is 1. The van der Waals surface area contributed by atoms with Crippen molar-refractivity contribution >= 4 is 30.3 Å². The van der Waals surface area contributed by atoms with Gasteiger partial charge < -0.3 is 24.5 Å². The van der Waals surface area contributed by atoms with Crippen LogP contribution >= 0.6 is 11.6 Å². The summed E-state index contributed by atoms with van der Waals surface area (Å²) in [6.07, 6.45) is -0.906. The molecule has 9 heteroatoms. The van der Waals surface area contributed by atoms with Gasteiger partial charge in [0.2, 0.25) is 0 Å². The zero-order valence-corrected chi connectivity index (χ0v) is 18.5. The second-order valence-corrected chi connectivity index (χ2v) is 9.33. The molecule has 2 N–H and O–H groups in total. The highest BCUT2D eigenvalue weighted by Gasteiger charge is 2.55. The Balaban J connectivity index is 1.81. The highest BCUT2D eigenvalue weighted by Crippen LogP contribution is 2.44. The lowest BCUT2D eigenvalue weighted by Crippen LogP contribution is -2.44. The molecule has 4 rings (SSSR count). The maximum Gasteiger partial charge on any atom is 0.496 e. The first-order valence-electron chi connectivity index (χ1n) is 10.0. The van der Waals surface area contributed by atoms with E-state index in [2.05, 4.69) is 5.32 Å². The summed E-state index contributed by atoms with van der Waals surface area (Å²) in [5, 5.41) is 11.5. The fraction of sp³-hybridized carbons (Fsp3) is 0.409. The molecule has 0 bridgehead atoms. The number of halogens is 2. The topological polar surface area (TPSA) is 77.0 Å². The number of rotatable bonds is 4. The van der Waals surface area contributed by atoms with Gasteiger partial charge in [-0.3, -0.25) is 0 Å². The third kappa shape index (κ3) is 3.66. The van der Waals surface area contributed by atoms with Crippen LogP contribution in [-0.4, -0.2) is 36.1 Å². The van der Waals surface area contributed by atoms with Gasteiger partial charge in [0.25, 0.3) is 0 Å². The van der Waals surface area contributed by atoms with Crippen molar-refractivity contribution in [3.8, 4) is 5.75 Å². The van der Waals surface area contributed by atoms with Crippen LogP contribution in [0.2, 0.25) is 5.02 Å². The number of nitrogens with one attached hydrogen (secondary N) is 1. The van der Waals surface area contributed by atoms with Crippen LogP contribution in [-0.2, 0) is 21.3 Å². The molecule has 1 unspecified atom stereocenters. The first-order valence-corrected chi connectivity index (χ1v) is 10.4. The van der Waals surface area contributed by atoms with Gasteiger partial charge >= 0.3 is 13.2 Å². The Hall–Kier alpha value is -2.29. The SMILES string of the molecule is CC1(C)OB(c2c(Cl)c(F)cc3c2CC(CNC(=O)O)(c2ccccc2)O3)OC1(C)C. The lowest BCUT2D eigenvalue weighted by atomic mass is 9.73. The van der Waals surface area contributed by atoms with E-state index in [1.807, 2.05) is 58.0 Å². The Labute approximate surface area is 185 Å². The molecule has 2 aliphatic heterocycles. The Morgan fingerprint density at radius 3 is 2.39 bits per heavy atom. The van der Waals surface area contributed by atoms with Gasteiger partial charge in [0.1, 0.15) is 11.6 Å². The molecular weight excluding hydrogens is 424 g/mol. The largest absolute Gasteiger partial charge is 0.496 e. The van der Waals surface area contributed by atoms with Gasteiger partial charge in [-0.1, -0.05) is 41.9 Å². The summed E-state index contributed by atoms with van der Waals surface area (Å²) in [5.41, 5.74) is -0.555. The van der Waals surface area contributed by atoms with Crippen LogP contribution in [0.15, 0.2) is 36.4 Å². The van der Waals surface area contributed by atoms with Crippen LogP contribution in [0.25, 0.3) is 0 Å². The van der Waals surface area contributed by atoms with E-state index >= 15 is 0 Å². The number of fused-ring (bicyclic) bond motifs is 1. The van der Waals surface area contributed by atoms with Gasteiger partial charge in [0, 0.05) is 23.5 Å². The minimum atomic E-state index is -1.18. The van der Waals surface area contributed by atoms with E-state index < -0.39 is 35.8 Å². The molecule has 0 spiro atoms. The minimum absolute atomic E-state index is 0.0247. The third-order valence-corrected chi connectivity index (χ3v) is 6.79. The number of hydrogen-bond acceptors (Lipinski definition) is 4. The number of carboxylic acid groups (broad SMARTS) is 1. The molecular formula is C22H24BClFNO5. The normalized spacial score (nSPS) is 23.4. The molecule has 6 nitrogen and oxygen atoms in total. The van der Waals surface area contributed by atoms with Gasteiger partial charge in [-0.25, -0.2) is 9.18 Å². The fourth-order valence-corrected chi connectivity index (χ4v) is 4.25. The summed E-state index contributed by atoms with van der Waals surface area (Å²) >= 11 is 6.41. The van der Waals surface area contributed by atoms with Crippen molar-refractivity contribution in [3.63, 3.8) is 0 Å². The van der Waals surface area contributed by atoms with E-state index in [9.17, 15) is 14.3 Å². The smallest absolute Gasteiger partial charge is 0.480 e. The Bertz CT molecular complexity index is 1020. The highest BCUT2D eigenvalue weighted by atomic mass is 35.5. The molecule has 0 saturated carbocycles. The fourth-order valence-electron chi connectivity index (χ4n) is 3.99. The van der Waals surface area contributed by atoms with Crippen molar-refractivity contribution in [1.82, 2.24) is 5.32 Å². The summed E-state index contributed by atoms with van der Waals surface area (Å²) in [5.74, 6) is -0.358. The first kappa shape index (κ1) is 21.9. The van der Waals surface area contributed by atoms with Crippen LogP contribution in [0.5, 0.6) is 5.75 Å². The summed E-state index contributed by atoms with van der Waals surface area (Å²) < 4.78 is 33.3. The van der Waals surface area contributed by atoms with Crippen molar-refractivity contribution in [2.75, 3.05) is 6.54 Å². The van der Waals surface area contributed by atoms with Crippen molar-refractivity contribution < 1.29 is 28.3 Å². The third-order valence-electron chi connectivity index (χ3n) is 6.41. The molecule has 2 aliphatic rings. The standard InChI is InChI=1S/C22H24BClFNO5/c1-20(2)21(3,4)31-23(30-20)17-14-11-22(12-26-19(27)28,13-8-6-5-7-9-13)29-16(14)10-15(25)18(17)24/h5-10,26H,11-12H2,1-4H3,(H,27,28). The second-order valence-electron chi connectivity index (χ2n) is 8.95. The summed E-state index contributed by atoms with van der Waals surface area (Å²) in [7, 11) is -0.885.